The van der Waals surface area contributed by atoms with Crippen LogP contribution in [0.4, 0.5) is 10.1 Å². The number of aliphatic hydroxyl groups is 1. The van der Waals surface area contributed by atoms with Gasteiger partial charge in [-0.05, 0) is 55.3 Å². The van der Waals surface area contributed by atoms with Gasteiger partial charge in [-0.1, -0.05) is 42.5 Å². The number of rotatable bonds is 9. The molecule has 0 saturated heterocycles. The van der Waals surface area contributed by atoms with Gasteiger partial charge in [0.1, 0.15) is 11.4 Å². The molecule has 4 rings (SSSR count). The summed E-state index contributed by atoms with van der Waals surface area (Å²) in [6.07, 6.45) is 1.27. The van der Waals surface area contributed by atoms with Gasteiger partial charge < -0.3 is 14.8 Å². The van der Waals surface area contributed by atoms with E-state index in [0.29, 0.717) is 5.56 Å². The Morgan fingerprint density at radius 2 is 1.77 bits per heavy atom. The molecule has 0 saturated carbocycles. The van der Waals surface area contributed by atoms with Crippen molar-refractivity contribution < 1.29 is 27.1 Å². The van der Waals surface area contributed by atoms with Crippen LogP contribution in [0.15, 0.2) is 77.2 Å². The van der Waals surface area contributed by atoms with E-state index in [1.807, 2.05) is 30.3 Å². The van der Waals surface area contributed by atoms with Crippen LogP contribution in [-0.4, -0.2) is 42.9 Å². The number of sulfonamides is 1. The first kappa shape index (κ1) is 27.9. The monoisotopic (exact) mass is 552 g/mol. The molecule has 0 aliphatic heterocycles. The summed E-state index contributed by atoms with van der Waals surface area (Å²) in [6.45, 7) is 3.30. The summed E-state index contributed by atoms with van der Waals surface area (Å²) in [6, 6.07) is 19.0. The standard InChI is InChI=1S/C28H29FN4O5S/c1-18(20-10-12-23(29)13-11-20)30-25(34)21-14-22(16-24(15-21)33(3)39(4,36)37)26-31-32-27(38-26)28(2,35)17-19-8-6-5-7-9-19/h5-16,18,35H,17H2,1-4H3,(H,30,34). The quantitative estimate of drug-likeness (QED) is 0.319. The van der Waals surface area contributed by atoms with E-state index in [1.54, 1.807) is 26.0 Å². The summed E-state index contributed by atoms with van der Waals surface area (Å²) in [4.78, 5) is 13.2. The molecule has 4 aromatic rings. The molecule has 0 bridgehead atoms. The fraction of sp³-hybridized carbons (Fsp3) is 0.250. The van der Waals surface area contributed by atoms with Gasteiger partial charge in [0.25, 0.3) is 5.91 Å². The molecule has 2 unspecified atom stereocenters. The lowest BCUT2D eigenvalue weighted by Gasteiger charge is -2.20. The van der Waals surface area contributed by atoms with Gasteiger partial charge in [-0.2, -0.15) is 0 Å². The van der Waals surface area contributed by atoms with E-state index in [4.69, 9.17) is 4.42 Å². The Morgan fingerprint density at radius 3 is 2.41 bits per heavy atom. The molecule has 1 heterocycles. The van der Waals surface area contributed by atoms with Crippen LogP contribution in [0.1, 0.15) is 47.3 Å². The van der Waals surface area contributed by atoms with E-state index >= 15 is 0 Å². The second kappa shape index (κ2) is 11.0. The summed E-state index contributed by atoms with van der Waals surface area (Å²) in [5, 5.41) is 22.0. The highest BCUT2D eigenvalue weighted by Gasteiger charge is 2.31. The maximum absolute atomic E-state index is 13.3. The Kier molecular flexibility index (Phi) is 7.84. The second-order valence-corrected chi connectivity index (χ2v) is 11.6. The third-order valence-electron chi connectivity index (χ3n) is 6.28. The van der Waals surface area contributed by atoms with Crippen LogP contribution in [0.3, 0.4) is 0 Å². The zero-order valence-corrected chi connectivity index (χ0v) is 22.7. The van der Waals surface area contributed by atoms with Crippen LogP contribution in [0.2, 0.25) is 0 Å². The van der Waals surface area contributed by atoms with Crippen LogP contribution < -0.4 is 9.62 Å². The van der Waals surface area contributed by atoms with E-state index in [-0.39, 0.29) is 40.8 Å². The summed E-state index contributed by atoms with van der Waals surface area (Å²) >= 11 is 0. The SMILES string of the molecule is CC(NC(=O)c1cc(-c2nnc(C(C)(O)Cc3ccccc3)o2)cc(N(C)S(C)(=O)=O)c1)c1ccc(F)cc1. The molecule has 39 heavy (non-hydrogen) atoms. The van der Waals surface area contributed by atoms with Gasteiger partial charge in [-0.25, -0.2) is 12.8 Å². The third kappa shape index (κ3) is 6.68. The Hall–Kier alpha value is -4.09. The van der Waals surface area contributed by atoms with Gasteiger partial charge in [0, 0.05) is 24.6 Å². The number of nitrogens with zero attached hydrogens (tertiary/aromatic N) is 3. The minimum Gasteiger partial charge on any atom is -0.418 e. The van der Waals surface area contributed by atoms with Gasteiger partial charge in [0.15, 0.2) is 0 Å². The first-order valence-electron chi connectivity index (χ1n) is 12.1. The fourth-order valence-electron chi connectivity index (χ4n) is 3.98. The number of carbonyl (C=O) groups is 1. The summed E-state index contributed by atoms with van der Waals surface area (Å²) in [7, 11) is -2.30. The van der Waals surface area contributed by atoms with Crippen molar-refractivity contribution in [2.24, 2.45) is 0 Å². The minimum atomic E-state index is -3.66. The normalized spacial score (nSPS) is 13.9. The molecule has 3 aromatic carbocycles. The molecule has 0 fully saturated rings. The van der Waals surface area contributed by atoms with E-state index in [9.17, 15) is 22.7 Å². The molecule has 9 nitrogen and oxygen atoms in total. The van der Waals surface area contributed by atoms with Crippen molar-refractivity contribution in [2.75, 3.05) is 17.6 Å². The van der Waals surface area contributed by atoms with Crippen LogP contribution in [-0.2, 0) is 22.0 Å². The number of benzene rings is 3. The number of carbonyl (C=O) groups excluding carboxylic acids is 1. The van der Waals surface area contributed by atoms with E-state index < -0.39 is 27.6 Å². The van der Waals surface area contributed by atoms with Crippen LogP contribution >= 0.6 is 0 Å². The average Bonchev–Trinajstić information content (AvgIpc) is 3.40. The molecular formula is C28H29FN4O5S. The minimum absolute atomic E-state index is 0.00252. The molecule has 204 valence electrons. The summed E-state index contributed by atoms with van der Waals surface area (Å²) in [5.41, 5.74) is 0.716. The van der Waals surface area contributed by atoms with E-state index in [2.05, 4.69) is 15.5 Å². The van der Waals surface area contributed by atoms with Gasteiger partial charge in [0.05, 0.1) is 18.0 Å². The molecule has 0 aliphatic carbocycles. The largest absolute Gasteiger partial charge is 0.418 e. The lowest BCUT2D eigenvalue weighted by atomic mass is 9.96. The lowest BCUT2D eigenvalue weighted by Crippen LogP contribution is -2.28. The highest BCUT2D eigenvalue weighted by atomic mass is 32.2. The number of hydrogen-bond acceptors (Lipinski definition) is 7. The molecule has 0 spiro atoms. The van der Waals surface area contributed by atoms with Crippen molar-refractivity contribution in [1.82, 2.24) is 15.5 Å². The first-order valence-corrected chi connectivity index (χ1v) is 13.9. The number of nitrogens with one attached hydrogen (secondary N) is 1. The molecule has 1 aromatic heterocycles. The molecule has 2 atom stereocenters. The average molecular weight is 553 g/mol. The maximum atomic E-state index is 13.3. The zero-order chi connectivity index (χ0) is 28.4. The number of halogens is 1. The number of hydrogen-bond donors (Lipinski definition) is 2. The van der Waals surface area contributed by atoms with Crippen molar-refractivity contribution in [3.8, 4) is 11.5 Å². The zero-order valence-electron chi connectivity index (χ0n) is 21.9. The van der Waals surface area contributed by atoms with Crippen molar-refractivity contribution in [2.45, 2.75) is 31.9 Å². The molecule has 0 radical (unpaired) electrons. The highest BCUT2D eigenvalue weighted by Crippen LogP contribution is 2.31. The number of amides is 1. The van der Waals surface area contributed by atoms with Crippen LogP contribution in [0.5, 0.6) is 0 Å². The first-order chi connectivity index (χ1) is 18.3. The predicted octanol–water partition coefficient (Wildman–Crippen LogP) is 4.21. The van der Waals surface area contributed by atoms with Gasteiger partial charge in [0.2, 0.25) is 21.8 Å². The number of anilines is 1. The molecule has 2 N–H and O–H groups in total. The van der Waals surface area contributed by atoms with E-state index in [1.165, 1.54) is 37.4 Å². The Morgan fingerprint density at radius 1 is 1.10 bits per heavy atom. The van der Waals surface area contributed by atoms with Crippen LogP contribution in [0.25, 0.3) is 11.5 Å². The Balaban J connectivity index is 1.67. The molecular weight excluding hydrogens is 523 g/mol. The van der Waals surface area contributed by atoms with E-state index in [0.717, 1.165) is 16.1 Å². The third-order valence-corrected chi connectivity index (χ3v) is 7.49. The summed E-state index contributed by atoms with van der Waals surface area (Å²) < 4.78 is 44.7. The number of aromatic nitrogens is 2. The second-order valence-electron chi connectivity index (χ2n) is 9.59. The van der Waals surface area contributed by atoms with Crippen molar-refractivity contribution in [3.63, 3.8) is 0 Å². The topological polar surface area (TPSA) is 126 Å². The summed E-state index contributed by atoms with van der Waals surface area (Å²) in [5.74, 6) is -0.908. The van der Waals surface area contributed by atoms with Crippen molar-refractivity contribution in [3.05, 3.63) is 101 Å². The molecule has 0 aliphatic rings. The predicted molar refractivity (Wildman–Crippen MR) is 145 cm³/mol. The maximum Gasteiger partial charge on any atom is 0.251 e. The Labute approximate surface area is 226 Å². The van der Waals surface area contributed by atoms with Crippen molar-refractivity contribution >= 4 is 21.6 Å². The smallest absolute Gasteiger partial charge is 0.251 e. The molecule has 1 amide bonds. The van der Waals surface area contributed by atoms with Gasteiger partial charge in [-0.3, -0.25) is 9.10 Å². The van der Waals surface area contributed by atoms with Gasteiger partial charge in [-0.15, -0.1) is 10.2 Å². The van der Waals surface area contributed by atoms with Gasteiger partial charge >= 0.3 is 0 Å². The highest BCUT2D eigenvalue weighted by molar-refractivity contribution is 7.92. The fourth-order valence-corrected chi connectivity index (χ4v) is 4.47. The van der Waals surface area contributed by atoms with Crippen molar-refractivity contribution in [1.29, 1.82) is 0 Å². The lowest BCUT2D eigenvalue weighted by molar-refractivity contribution is 0.0292. The van der Waals surface area contributed by atoms with Crippen LogP contribution in [0, 0.1) is 5.82 Å². The molecule has 11 heteroatoms. The Bertz CT molecular complexity index is 1570.